The summed E-state index contributed by atoms with van der Waals surface area (Å²) in [5, 5.41) is 0. The van der Waals surface area contributed by atoms with Gasteiger partial charge in [0.2, 0.25) is 0 Å². The Labute approximate surface area is 203 Å². The van der Waals surface area contributed by atoms with Crippen molar-refractivity contribution in [3.8, 4) is 0 Å². The number of benzene rings is 4. The Morgan fingerprint density at radius 3 is 2.21 bits per heavy atom. The van der Waals surface area contributed by atoms with Gasteiger partial charge in [-0.1, -0.05) is 78.0 Å². The lowest BCUT2D eigenvalue weighted by atomic mass is 10.1. The van der Waals surface area contributed by atoms with Crippen molar-refractivity contribution >= 4 is 23.2 Å². The molecule has 1 atom stereocenters. The minimum Gasteiger partial charge on any atom is -0.362 e. The highest BCUT2D eigenvalue weighted by atomic mass is 32.2. The number of aliphatic imine (C=N–C) groups is 1. The lowest BCUT2D eigenvalue weighted by Gasteiger charge is -2.20. The molecule has 2 nitrogen and oxygen atoms in total. The topological polar surface area (TPSA) is 21.6 Å². The van der Waals surface area contributed by atoms with Gasteiger partial charge in [-0.05, 0) is 55.0 Å². The Bertz CT molecular complexity index is 1230. The highest BCUT2D eigenvalue weighted by molar-refractivity contribution is 7.99. The smallest absolute Gasteiger partial charge is 0.132 e. The van der Waals surface area contributed by atoms with Crippen LogP contribution in [0.15, 0.2) is 113 Å². The van der Waals surface area contributed by atoms with E-state index in [2.05, 4.69) is 0 Å². The predicted molar refractivity (Wildman–Crippen MR) is 136 cm³/mol. The van der Waals surface area contributed by atoms with Crippen molar-refractivity contribution in [2.45, 2.75) is 30.3 Å². The van der Waals surface area contributed by atoms with Gasteiger partial charge in [-0.2, -0.15) is 0 Å². The number of hydrogen-bond acceptors (Lipinski definition) is 3. The van der Waals surface area contributed by atoms with Crippen LogP contribution in [0.5, 0.6) is 0 Å². The van der Waals surface area contributed by atoms with E-state index in [1.165, 1.54) is 30.0 Å². The van der Waals surface area contributed by atoms with Gasteiger partial charge < -0.3 is 4.74 Å². The van der Waals surface area contributed by atoms with Gasteiger partial charge in [-0.15, -0.1) is 0 Å². The molecule has 0 radical (unpaired) electrons. The number of aryl methyl sites for hydroxylation is 1. The van der Waals surface area contributed by atoms with Gasteiger partial charge in [-0.3, -0.25) is 4.99 Å². The third-order valence-corrected chi connectivity index (χ3v) is 6.31. The fourth-order valence-electron chi connectivity index (χ4n) is 3.41. The Morgan fingerprint density at radius 1 is 0.824 bits per heavy atom. The molecule has 0 saturated heterocycles. The van der Waals surface area contributed by atoms with E-state index in [-0.39, 0.29) is 17.1 Å². The zero-order chi connectivity index (χ0) is 23.8. The van der Waals surface area contributed by atoms with Gasteiger partial charge in [0.1, 0.15) is 17.1 Å². The number of hydrogen-bond donors (Lipinski definition) is 0. The van der Waals surface area contributed by atoms with Gasteiger partial charge in [0.05, 0.1) is 18.0 Å². The van der Waals surface area contributed by atoms with Crippen molar-refractivity contribution in [1.82, 2.24) is 0 Å². The zero-order valence-electron chi connectivity index (χ0n) is 18.8. The molecule has 4 rings (SSSR count). The summed E-state index contributed by atoms with van der Waals surface area (Å²) in [6, 6.07) is 30.6. The molecule has 0 amide bonds. The minimum absolute atomic E-state index is 0.293. The monoisotopic (exact) mass is 473 g/mol. The predicted octanol–water partition coefficient (Wildman–Crippen LogP) is 8.12. The van der Waals surface area contributed by atoms with Gasteiger partial charge >= 0.3 is 0 Å². The fourth-order valence-corrected chi connectivity index (χ4v) is 4.38. The van der Waals surface area contributed by atoms with E-state index in [9.17, 15) is 8.78 Å². The van der Waals surface area contributed by atoms with Crippen LogP contribution in [0.1, 0.15) is 23.1 Å². The summed E-state index contributed by atoms with van der Waals surface area (Å²) in [5.41, 5.74) is 3.58. The lowest BCUT2D eigenvalue weighted by Crippen LogP contribution is -2.16. The second-order valence-corrected chi connectivity index (χ2v) is 9.11. The molecule has 0 aliphatic rings. The summed E-state index contributed by atoms with van der Waals surface area (Å²) in [6.07, 6.45) is 0.365. The van der Waals surface area contributed by atoms with Crippen LogP contribution in [0.4, 0.5) is 14.5 Å². The van der Waals surface area contributed by atoms with E-state index < -0.39 is 0 Å². The van der Waals surface area contributed by atoms with Crippen LogP contribution in [0.25, 0.3) is 0 Å². The van der Waals surface area contributed by atoms with Crippen molar-refractivity contribution in [3.05, 3.63) is 131 Å². The fraction of sp³-hybridized carbons (Fsp3) is 0.138. The first-order valence-electron chi connectivity index (χ1n) is 11.0. The summed E-state index contributed by atoms with van der Waals surface area (Å²) in [5.74, 6) is -0.624. The molecule has 0 aromatic heterocycles. The number of thioether (sulfide) groups is 1. The van der Waals surface area contributed by atoms with E-state index >= 15 is 0 Å². The van der Waals surface area contributed by atoms with E-state index in [4.69, 9.17) is 9.73 Å². The molecular formula is C29H25F2NOS. The molecule has 0 aliphatic heterocycles. The molecule has 0 spiro atoms. The maximum atomic E-state index is 14.8. The molecule has 0 aliphatic carbocycles. The average Bonchev–Trinajstić information content (AvgIpc) is 2.86. The van der Waals surface area contributed by atoms with Gasteiger partial charge in [-0.25, -0.2) is 8.78 Å². The molecule has 4 aromatic carbocycles. The van der Waals surface area contributed by atoms with Crippen molar-refractivity contribution < 1.29 is 13.5 Å². The summed E-state index contributed by atoms with van der Waals surface area (Å²) in [6.45, 7) is 2.41. The molecule has 172 valence electrons. The molecule has 34 heavy (non-hydrogen) atoms. The van der Waals surface area contributed by atoms with Gasteiger partial charge in [0.15, 0.2) is 0 Å². The van der Waals surface area contributed by atoms with Crippen molar-refractivity contribution in [1.29, 1.82) is 0 Å². The summed E-state index contributed by atoms with van der Waals surface area (Å²) in [4.78, 5) is 5.67. The van der Waals surface area contributed by atoms with Crippen LogP contribution in [0, 0.1) is 18.6 Å². The lowest BCUT2D eigenvalue weighted by molar-refractivity contribution is 0.103. The van der Waals surface area contributed by atoms with E-state index in [1.54, 1.807) is 30.3 Å². The molecule has 0 bridgehead atoms. The first-order chi connectivity index (χ1) is 16.6. The number of ether oxygens (including phenoxy) is 1. The molecule has 4 aromatic rings. The highest BCUT2D eigenvalue weighted by Gasteiger charge is 2.19. The second kappa shape index (κ2) is 11.7. The van der Waals surface area contributed by atoms with Crippen molar-refractivity contribution in [2.75, 3.05) is 0 Å². The van der Waals surface area contributed by atoms with Crippen molar-refractivity contribution in [2.24, 2.45) is 4.99 Å². The molecular weight excluding hydrogens is 448 g/mol. The minimum atomic E-state index is -0.366. The molecule has 0 saturated carbocycles. The van der Waals surface area contributed by atoms with Crippen molar-refractivity contribution in [3.63, 3.8) is 0 Å². The van der Waals surface area contributed by atoms with Crippen LogP contribution in [-0.4, -0.2) is 11.1 Å². The number of nitrogens with zero attached hydrogens (tertiary/aromatic N) is 1. The van der Waals surface area contributed by atoms with E-state index in [0.717, 1.165) is 21.7 Å². The summed E-state index contributed by atoms with van der Waals surface area (Å²) < 4.78 is 34.5. The summed E-state index contributed by atoms with van der Waals surface area (Å²) in [7, 11) is 0. The van der Waals surface area contributed by atoms with Gasteiger partial charge in [0, 0.05) is 16.9 Å². The molecule has 5 heteroatoms. The molecule has 0 N–H and O–H groups in total. The molecule has 1 unspecified atom stereocenters. The van der Waals surface area contributed by atoms with Gasteiger partial charge in [0.25, 0.3) is 0 Å². The second-order valence-electron chi connectivity index (χ2n) is 7.88. The Balaban J connectivity index is 1.65. The SMILES string of the molecule is Cc1ccc(N=C(CC(OCc2ccccc2)Sc2ccc(F)cc2)c2ccccc2F)cc1. The van der Waals surface area contributed by atoms with Crippen LogP contribution >= 0.6 is 11.8 Å². The number of halogens is 2. The summed E-state index contributed by atoms with van der Waals surface area (Å²) >= 11 is 1.47. The maximum Gasteiger partial charge on any atom is 0.132 e. The van der Waals surface area contributed by atoms with Crippen LogP contribution in [-0.2, 0) is 11.3 Å². The first kappa shape index (κ1) is 23.9. The first-order valence-corrected chi connectivity index (χ1v) is 11.9. The molecule has 0 fully saturated rings. The quantitative estimate of drug-likeness (QED) is 0.139. The number of rotatable bonds is 9. The highest BCUT2D eigenvalue weighted by Crippen LogP contribution is 2.30. The third kappa shape index (κ3) is 6.86. The van der Waals surface area contributed by atoms with Crippen LogP contribution in [0.3, 0.4) is 0 Å². The van der Waals surface area contributed by atoms with E-state index in [0.29, 0.717) is 24.3 Å². The third-order valence-electron chi connectivity index (χ3n) is 5.20. The zero-order valence-corrected chi connectivity index (χ0v) is 19.6. The van der Waals surface area contributed by atoms with E-state index in [1.807, 2.05) is 61.5 Å². The normalized spacial score (nSPS) is 12.5. The Kier molecular flexibility index (Phi) is 8.23. The average molecular weight is 474 g/mol. The largest absolute Gasteiger partial charge is 0.362 e. The van der Waals surface area contributed by atoms with Crippen LogP contribution in [0.2, 0.25) is 0 Å². The molecule has 0 heterocycles. The Morgan fingerprint density at radius 2 is 1.50 bits per heavy atom. The Hall–Kier alpha value is -3.28. The maximum absolute atomic E-state index is 14.8. The van der Waals surface area contributed by atoms with Crippen LogP contribution < -0.4 is 0 Å². The standard InChI is InChI=1S/C29H25F2NOS/c1-21-11-15-24(16-12-21)32-28(26-9-5-6-10-27(26)31)19-29(33-20-22-7-3-2-4-8-22)34-25-17-13-23(30)14-18-25/h2-18,29H,19-20H2,1H3.